The molecule has 0 bridgehead atoms. The van der Waals surface area contributed by atoms with Gasteiger partial charge in [0.1, 0.15) is 11.7 Å². The van der Waals surface area contributed by atoms with Crippen molar-refractivity contribution in [2.24, 2.45) is 5.11 Å². The summed E-state index contributed by atoms with van der Waals surface area (Å²) < 4.78 is 16.8. The Balaban J connectivity index is 2.18. The van der Waals surface area contributed by atoms with Crippen LogP contribution in [0.2, 0.25) is 0 Å². The first-order valence-electron chi connectivity index (χ1n) is 6.52. The molecule has 2 heterocycles. The van der Waals surface area contributed by atoms with Crippen LogP contribution in [0, 0.1) is 0 Å². The Hall–Kier alpha value is -1.50. The lowest BCUT2D eigenvalue weighted by atomic mass is 10.2. The molecule has 0 aliphatic carbocycles. The van der Waals surface area contributed by atoms with Crippen molar-refractivity contribution in [1.82, 2.24) is 4.90 Å². The lowest BCUT2D eigenvalue weighted by molar-refractivity contribution is -0.167. The van der Waals surface area contributed by atoms with Crippen LogP contribution >= 0.6 is 0 Å². The van der Waals surface area contributed by atoms with Crippen molar-refractivity contribution < 1.29 is 19.0 Å². The zero-order chi connectivity index (χ0) is 15.1. The molecule has 0 N–H and O–H groups in total. The minimum absolute atomic E-state index is 0.227. The summed E-state index contributed by atoms with van der Waals surface area (Å²) in [5, 5.41) is 3.69. The number of carbonyl (C=O) groups is 1. The molecule has 0 aromatic rings. The molecule has 2 saturated heterocycles. The number of fused-ring (bicyclic) bond motifs is 1. The Morgan fingerprint density at radius 2 is 2.10 bits per heavy atom. The zero-order valence-electron chi connectivity index (χ0n) is 12.4. The van der Waals surface area contributed by atoms with Gasteiger partial charge in [0.2, 0.25) is 0 Å². The lowest BCUT2D eigenvalue weighted by Crippen LogP contribution is -2.42. The smallest absolute Gasteiger partial charge is 0.412 e. The van der Waals surface area contributed by atoms with Crippen molar-refractivity contribution in [1.29, 1.82) is 0 Å². The summed E-state index contributed by atoms with van der Waals surface area (Å²) in [6.07, 6.45) is -1.55. The highest BCUT2D eigenvalue weighted by Crippen LogP contribution is 2.38. The Kier molecular flexibility index (Phi) is 3.58. The summed E-state index contributed by atoms with van der Waals surface area (Å²) in [7, 11) is 0. The first kappa shape index (κ1) is 14.9. The number of carbonyl (C=O) groups excluding carboxylic acids is 1. The molecule has 0 aromatic heterocycles. The summed E-state index contributed by atoms with van der Waals surface area (Å²) in [5.74, 6) is -0.820. The van der Waals surface area contributed by atoms with Gasteiger partial charge in [0.15, 0.2) is 12.0 Å². The van der Waals surface area contributed by atoms with E-state index in [1.54, 1.807) is 34.6 Å². The van der Waals surface area contributed by atoms with E-state index in [0.29, 0.717) is 0 Å². The maximum atomic E-state index is 12.2. The van der Waals surface area contributed by atoms with Crippen molar-refractivity contribution in [3.63, 3.8) is 0 Å². The normalized spacial score (nSPS) is 31.6. The van der Waals surface area contributed by atoms with Crippen molar-refractivity contribution >= 4 is 6.09 Å². The standard InChI is InChI=1S/C12H20N4O4/c1-11(2,3)20-10(17)16-6-7(14-15-13)8-9(16)19-12(4,5)18-8/h7-9H,6H2,1-5H3/t7-,8+,9+/m0/s1. The van der Waals surface area contributed by atoms with Gasteiger partial charge >= 0.3 is 6.09 Å². The minimum Gasteiger partial charge on any atom is -0.444 e. The van der Waals surface area contributed by atoms with Crippen LogP contribution in [0.3, 0.4) is 0 Å². The molecule has 0 spiro atoms. The van der Waals surface area contributed by atoms with Gasteiger partial charge in [-0.05, 0) is 40.1 Å². The number of amides is 1. The van der Waals surface area contributed by atoms with E-state index in [0.717, 1.165) is 0 Å². The van der Waals surface area contributed by atoms with Gasteiger partial charge in [-0.2, -0.15) is 0 Å². The van der Waals surface area contributed by atoms with Crippen LogP contribution < -0.4 is 0 Å². The molecule has 2 aliphatic heterocycles. The molecule has 2 fully saturated rings. The maximum absolute atomic E-state index is 12.2. The van der Waals surface area contributed by atoms with E-state index in [1.165, 1.54) is 4.90 Å². The molecule has 0 saturated carbocycles. The van der Waals surface area contributed by atoms with Crippen molar-refractivity contribution in [3.05, 3.63) is 10.4 Å². The van der Waals surface area contributed by atoms with Gasteiger partial charge in [-0.25, -0.2) is 4.79 Å². The molecule has 112 valence electrons. The van der Waals surface area contributed by atoms with Crippen molar-refractivity contribution in [3.8, 4) is 0 Å². The van der Waals surface area contributed by atoms with Crippen LogP contribution in [-0.2, 0) is 14.2 Å². The molecule has 20 heavy (non-hydrogen) atoms. The van der Waals surface area contributed by atoms with Crippen LogP contribution in [0.1, 0.15) is 34.6 Å². The highest BCUT2D eigenvalue weighted by Gasteiger charge is 2.55. The predicted molar refractivity (Wildman–Crippen MR) is 69.7 cm³/mol. The van der Waals surface area contributed by atoms with Crippen LogP contribution in [0.25, 0.3) is 10.4 Å². The molecular formula is C12H20N4O4. The third-order valence-corrected chi connectivity index (χ3v) is 3.00. The number of hydrogen-bond donors (Lipinski definition) is 0. The Bertz CT molecular complexity index is 453. The minimum atomic E-state index is -0.820. The fraction of sp³-hybridized carbons (Fsp3) is 0.917. The second-order valence-electron chi connectivity index (χ2n) is 6.40. The number of azide groups is 1. The van der Waals surface area contributed by atoms with Gasteiger partial charge in [-0.15, -0.1) is 0 Å². The topological polar surface area (TPSA) is 96.8 Å². The second kappa shape index (κ2) is 4.80. The summed E-state index contributed by atoms with van der Waals surface area (Å²) >= 11 is 0. The Morgan fingerprint density at radius 1 is 1.45 bits per heavy atom. The maximum Gasteiger partial charge on any atom is 0.412 e. The van der Waals surface area contributed by atoms with Crippen LogP contribution in [0.15, 0.2) is 5.11 Å². The Labute approximate surface area is 117 Å². The largest absolute Gasteiger partial charge is 0.444 e. The highest BCUT2D eigenvalue weighted by molar-refractivity contribution is 5.69. The molecule has 0 radical (unpaired) electrons. The fourth-order valence-corrected chi connectivity index (χ4v) is 2.36. The summed E-state index contributed by atoms with van der Waals surface area (Å²) in [4.78, 5) is 16.4. The molecule has 2 rings (SSSR count). The molecule has 0 unspecified atom stereocenters. The van der Waals surface area contributed by atoms with E-state index in [1.807, 2.05) is 0 Å². The average Bonchev–Trinajstić information content (AvgIpc) is 2.71. The molecular weight excluding hydrogens is 264 g/mol. The van der Waals surface area contributed by atoms with Crippen LogP contribution in [0.5, 0.6) is 0 Å². The van der Waals surface area contributed by atoms with E-state index in [9.17, 15) is 4.79 Å². The number of nitrogens with zero attached hydrogens (tertiary/aromatic N) is 4. The number of likely N-dealkylation sites (tertiary alicyclic amines) is 1. The number of ether oxygens (including phenoxy) is 3. The fourth-order valence-electron chi connectivity index (χ4n) is 2.36. The predicted octanol–water partition coefficient (Wildman–Crippen LogP) is 2.39. The molecule has 2 aliphatic rings. The van der Waals surface area contributed by atoms with E-state index < -0.39 is 35.9 Å². The van der Waals surface area contributed by atoms with E-state index in [4.69, 9.17) is 19.7 Å². The highest BCUT2D eigenvalue weighted by atomic mass is 16.8. The number of hydrogen-bond acceptors (Lipinski definition) is 5. The zero-order valence-corrected chi connectivity index (χ0v) is 12.4. The van der Waals surface area contributed by atoms with Gasteiger partial charge < -0.3 is 14.2 Å². The summed E-state index contributed by atoms with van der Waals surface area (Å²) in [6, 6.07) is -0.473. The van der Waals surface area contributed by atoms with Gasteiger partial charge in [0, 0.05) is 11.5 Å². The van der Waals surface area contributed by atoms with Gasteiger partial charge in [-0.3, -0.25) is 4.90 Å². The molecule has 3 atom stereocenters. The van der Waals surface area contributed by atoms with E-state index in [-0.39, 0.29) is 6.54 Å². The van der Waals surface area contributed by atoms with Crippen LogP contribution in [-0.4, -0.2) is 47.3 Å². The first-order chi connectivity index (χ1) is 9.13. The van der Waals surface area contributed by atoms with Gasteiger partial charge in [0.25, 0.3) is 0 Å². The van der Waals surface area contributed by atoms with Crippen molar-refractivity contribution in [2.75, 3.05) is 6.54 Å². The third-order valence-electron chi connectivity index (χ3n) is 3.00. The first-order valence-corrected chi connectivity index (χ1v) is 6.52. The molecule has 8 heteroatoms. The molecule has 1 amide bonds. The van der Waals surface area contributed by atoms with Crippen LogP contribution in [0.4, 0.5) is 4.79 Å². The average molecular weight is 284 g/mol. The van der Waals surface area contributed by atoms with E-state index in [2.05, 4.69) is 10.0 Å². The summed E-state index contributed by atoms with van der Waals surface area (Å²) in [6.45, 7) is 9.11. The second-order valence-corrected chi connectivity index (χ2v) is 6.40. The quantitative estimate of drug-likeness (QED) is 0.419. The monoisotopic (exact) mass is 284 g/mol. The molecule has 0 aromatic carbocycles. The van der Waals surface area contributed by atoms with E-state index >= 15 is 0 Å². The van der Waals surface area contributed by atoms with Gasteiger partial charge in [-0.1, -0.05) is 5.11 Å². The summed E-state index contributed by atoms with van der Waals surface area (Å²) in [5.41, 5.74) is 8.02. The van der Waals surface area contributed by atoms with Gasteiger partial charge in [0.05, 0.1) is 6.04 Å². The lowest BCUT2D eigenvalue weighted by Gasteiger charge is -2.28. The third kappa shape index (κ3) is 2.98. The molecule has 8 nitrogen and oxygen atoms in total. The SMILES string of the molecule is CC(C)(C)OC(=O)N1C[C@H](N=[N+]=[N-])[C@H]2OC(C)(C)O[C@H]21. The van der Waals surface area contributed by atoms with Crippen molar-refractivity contribution in [2.45, 2.75) is 64.4 Å². The number of rotatable bonds is 1. The Morgan fingerprint density at radius 3 is 2.65 bits per heavy atom.